The Hall–Kier alpha value is -4.14. The van der Waals surface area contributed by atoms with Crippen LogP contribution in [0, 0.1) is 15.9 Å². The average Bonchev–Trinajstić information content (AvgIpc) is 2.71. The highest BCUT2D eigenvalue weighted by Crippen LogP contribution is 2.31. The number of rotatable bonds is 6. The molecule has 28 heavy (non-hydrogen) atoms. The third-order valence-electron chi connectivity index (χ3n) is 3.52. The van der Waals surface area contributed by atoms with E-state index in [0.717, 1.165) is 0 Å². The molecule has 0 aliphatic heterocycles. The van der Waals surface area contributed by atoms with E-state index in [1.54, 1.807) is 12.1 Å². The number of nitrogens with one attached hydrogen (secondary N) is 1. The van der Waals surface area contributed by atoms with E-state index in [-0.39, 0.29) is 17.2 Å². The van der Waals surface area contributed by atoms with Crippen LogP contribution in [0.15, 0.2) is 72.1 Å². The zero-order valence-electron chi connectivity index (χ0n) is 14.3. The predicted molar refractivity (Wildman–Crippen MR) is 98.9 cm³/mol. The number of nitrogens with zero attached hydrogens (tertiary/aromatic N) is 3. The van der Waals surface area contributed by atoms with Gasteiger partial charge in [-0.25, -0.2) is 9.82 Å². The summed E-state index contributed by atoms with van der Waals surface area (Å²) in [5.41, 5.74) is 2.72. The Bertz CT molecular complexity index is 1020. The molecule has 0 atom stereocenters. The summed E-state index contributed by atoms with van der Waals surface area (Å²) in [5, 5.41) is 15.1. The van der Waals surface area contributed by atoms with Crippen molar-refractivity contribution in [2.75, 3.05) is 0 Å². The topological polar surface area (TPSA) is 107 Å². The first-order valence-electron chi connectivity index (χ1n) is 7.98. The number of nitro groups is 1. The second-order valence-electron chi connectivity index (χ2n) is 5.48. The molecule has 1 heterocycles. The zero-order valence-corrected chi connectivity index (χ0v) is 14.3. The molecular weight excluding hydrogens is 367 g/mol. The molecule has 2 aromatic carbocycles. The van der Waals surface area contributed by atoms with E-state index >= 15 is 0 Å². The molecule has 9 heteroatoms. The van der Waals surface area contributed by atoms with Crippen LogP contribution in [0.25, 0.3) is 0 Å². The highest BCUT2D eigenvalue weighted by atomic mass is 19.1. The maximum Gasteiger partial charge on any atom is 0.312 e. The molecule has 140 valence electrons. The average molecular weight is 380 g/mol. The van der Waals surface area contributed by atoms with Crippen molar-refractivity contribution in [2.24, 2.45) is 5.10 Å². The van der Waals surface area contributed by atoms with Gasteiger partial charge in [-0.2, -0.15) is 5.10 Å². The number of carbonyl (C=O) groups excluding carboxylic acids is 1. The molecule has 1 N–H and O–H groups in total. The van der Waals surface area contributed by atoms with E-state index in [9.17, 15) is 19.3 Å². The van der Waals surface area contributed by atoms with Crippen molar-refractivity contribution in [3.05, 3.63) is 94.0 Å². The van der Waals surface area contributed by atoms with Crippen LogP contribution in [-0.2, 0) is 0 Å². The molecule has 3 rings (SSSR count). The number of hydrazone groups is 1. The monoisotopic (exact) mass is 380 g/mol. The summed E-state index contributed by atoms with van der Waals surface area (Å²) < 4.78 is 18.4. The lowest BCUT2D eigenvalue weighted by atomic mass is 10.2. The van der Waals surface area contributed by atoms with E-state index in [1.165, 1.54) is 61.1 Å². The van der Waals surface area contributed by atoms with Crippen LogP contribution in [0.1, 0.15) is 15.9 Å². The summed E-state index contributed by atoms with van der Waals surface area (Å²) in [6.07, 6.45) is 4.19. The van der Waals surface area contributed by atoms with Crippen LogP contribution in [0.4, 0.5) is 10.1 Å². The fraction of sp³-hybridized carbons (Fsp3) is 0. The Balaban J connectivity index is 1.74. The van der Waals surface area contributed by atoms with Crippen molar-refractivity contribution in [1.82, 2.24) is 10.4 Å². The van der Waals surface area contributed by atoms with Gasteiger partial charge in [-0.05, 0) is 48.5 Å². The molecule has 0 spiro atoms. The largest absolute Gasteiger partial charge is 0.450 e. The third kappa shape index (κ3) is 4.73. The van der Waals surface area contributed by atoms with Gasteiger partial charge in [-0.3, -0.25) is 19.9 Å². The number of aromatic nitrogens is 1. The van der Waals surface area contributed by atoms with Crippen molar-refractivity contribution in [3.8, 4) is 11.5 Å². The first-order chi connectivity index (χ1) is 13.5. The summed E-state index contributed by atoms with van der Waals surface area (Å²) in [4.78, 5) is 26.4. The van der Waals surface area contributed by atoms with E-state index < -0.39 is 16.6 Å². The van der Waals surface area contributed by atoms with Crippen LogP contribution >= 0.6 is 0 Å². The molecule has 1 aromatic heterocycles. The van der Waals surface area contributed by atoms with Crippen molar-refractivity contribution in [3.63, 3.8) is 0 Å². The smallest absolute Gasteiger partial charge is 0.312 e. The fourth-order valence-corrected chi connectivity index (χ4v) is 2.20. The minimum absolute atomic E-state index is 0.00634. The van der Waals surface area contributed by atoms with E-state index in [0.29, 0.717) is 11.1 Å². The van der Waals surface area contributed by atoms with Crippen molar-refractivity contribution in [1.29, 1.82) is 0 Å². The quantitative estimate of drug-likeness (QED) is 0.399. The second-order valence-corrected chi connectivity index (χ2v) is 5.48. The first kappa shape index (κ1) is 18.6. The minimum Gasteiger partial charge on any atom is -0.450 e. The summed E-state index contributed by atoms with van der Waals surface area (Å²) in [5.74, 6) is -0.653. The SMILES string of the molecule is O=C(NN=Cc1ccc(Oc2ccc(F)cc2)c([N+](=O)[O-])c1)c1cccnc1. The van der Waals surface area contributed by atoms with Crippen molar-refractivity contribution in [2.45, 2.75) is 0 Å². The number of carbonyl (C=O) groups is 1. The number of nitro benzene ring substituents is 1. The minimum atomic E-state index is -0.607. The second kappa shape index (κ2) is 8.49. The molecule has 0 fully saturated rings. The first-order valence-corrected chi connectivity index (χ1v) is 7.98. The summed E-state index contributed by atoms with van der Waals surface area (Å²) in [6, 6.07) is 12.5. The molecule has 0 radical (unpaired) electrons. The molecule has 0 bridgehead atoms. The highest BCUT2D eigenvalue weighted by molar-refractivity contribution is 5.94. The maximum atomic E-state index is 13.0. The normalized spacial score (nSPS) is 10.6. The van der Waals surface area contributed by atoms with Gasteiger partial charge < -0.3 is 4.74 Å². The van der Waals surface area contributed by atoms with Crippen LogP contribution in [0.2, 0.25) is 0 Å². The van der Waals surface area contributed by atoms with Crippen LogP contribution in [-0.4, -0.2) is 22.0 Å². The third-order valence-corrected chi connectivity index (χ3v) is 3.52. The van der Waals surface area contributed by atoms with Crippen LogP contribution in [0.5, 0.6) is 11.5 Å². The predicted octanol–water partition coefficient (Wildman–Crippen LogP) is 3.69. The molecule has 0 aliphatic rings. The Morgan fingerprint density at radius 3 is 2.68 bits per heavy atom. The van der Waals surface area contributed by atoms with Crippen molar-refractivity contribution < 1.29 is 18.8 Å². The highest BCUT2D eigenvalue weighted by Gasteiger charge is 2.16. The maximum absolute atomic E-state index is 13.0. The molecular formula is C19H13FN4O4. The molecule has 0 aliphatic carbocycles. The van der Waals surface area contributed by atoms with Gasteiger partial charge in [0.2, 0.25) is 5.75 Å². The van der Waals surface area contributed by atoms with E-state index in [2.05, 4.69) is 15.5 Å². The summed E-state index contributed by atoms with van der Waals surface area (Å²) >= 11 is 0. The Kier molecular flexibility index (Phi) is 5.66. The van der Waals surface area contributed by atoms with Gasteiger partial charge in [-0.1, -0.05) is 0 Å². The number of amides is 1. The van der Waals surface area contributed by atoms with Crippen molar-refractivity contribution >= 4 is 17.8 Å². The summed E-state index contributed by atoms with van der Waals surface area (Å²) in [7, 11) is 0. The molecule has 0 saturated carbocycles. The number of pyridine rings is 1. The Morgan fingerprint density at radius 1 is 1.21 bits per heavy atom. The van der Waals surface area contributed by atoms with Gasteiger partial charge in [0, 0.05) is 24.0 Å². The molecule has 0 unspecified atom stereocenters. The van der Waals surface area contributed by atoms with E-state index in [4.69, 9.17) is 4.74 Å². The summed E-state index contributed by atoms with van der Waals surface area (Å²) in [6.45, 7) is 0. The van der Waals surface area contributed by atoms with Gasteiger partial charge in [0.15, 0.2) is 0 Å². The number of benzene rings is 2. The molecule has 1 amide bonds. The van der Waals surface area contributed by atoms with Crippen LogP contribution in [0.3, 0.4) is 0 Å². The van der Waals surface area contributed by atoms with Gasteiger partial charge in [0.1, 0.15) is 11.6 Å². The lowest BCUT2D eigenvalue weighted by Gasteiger charge is -2.07. The fourth-order valence-electron chi connectivity index (χ4n) is 2.20. The molecule has 8 nitrogen and oxygen atoms in total. The van der Waals surface area contributed by atoms with Gasteiger partial charge >= 0.3 is 5.69 Å². The Morgan fingerprint density at radius 2 is 2.00 bits per heavy atom. The van der Waals surface area contributed by atoms with E-state index in [1.807, 2.05) is 0 Å². The van der Waals surface area contributed by atoms with Gasteiger partial charge in [-0.15, -0.1) is 0 Å². The zero-order chi connectivity index (χ0) is 19.9. The lowest BCUT2D eigenvalue weighted by Crippen LogP contribution is -2.17. The number of halogens is 1. The van der Waals surface area contributed by atoms with Gasteiger partial charge in [0.05, 0.1) is 16.7 Å². The lowest BCUT2D eigenvalue weighted by molar-refractivity contribution is -0.385. The number of ether oxygens (including phenoxy) is 1. The standard InChI is InChI=1S/C19H13FN4O4/c20-15-4-6-16(7-5-15)28-18-8-3-13(10-17(18)24(26)27)11-22-23-19(25)14-2-1-9-21-12-14/h1-12H,(H,23,25). The molecule has 0 saturated heterocycles. The Labute approximate surface area is 158 Å². The van der Waals surface area contributed by atoms with Gasteiger partial charge in [0.25, 0.3) is 5.91 Å². The number of hydrogen-bond acceptors (Lipinski definition) is 6. The molecule has 3 aromatic rings. The number of hydrogen-bond donors (Lipinski definition) is 1. The van der Waals surface area contributed by atoms with Crippen LogP contribution < -0.4 is 10.2 Å².